The highest BCUT2D eigenvalue weighted by Crippen LogP contribution is 2.38. The Morgan fingerprint density at radius 3 is 1.87 bits per heavy atom. The standard InChI is InChI=1S/C67H103N5O19/c1-42-21-19-17-15-13-11-9-10-12-14-16-18-20-22-54(89-66-63(85)61(62(84)44(3)88-66)70-58(82)41-72(7)8)38-57-60(65(86)69-29-30-71(5)6)56(81)40-67(87,91-57)39-53(79)35-51(77)33-49(75)31-48(74)32-50(76)34-52(78)37-59(83)90-64(42)43(2)23-28-47(73)36-55(80)45-24-26-46(68-4)27-25-45/h9-22,24-27,42-44,47-49,51-54,56-57,60-64,66,68,73-75,77-79,81,84-85,87H,23,28-41H2,1-8H3,(H,69,86)(H,70,82)/b10-9-,13-11-,14-12+,17-15+,18-16+,21-19+,22-20+/t42?,43-,44+,47?,48-,49+,51-,52-,53-,54-,56-,57-,60+,61-,62+,63-,64?,66-,67+/m0/s1. The zero-order valence-electron chi connectivity index (χ0n) is 53.9. The van der Waals surface area contributed by atoms with E-state index in [9.17, 15) is 75.0 Å². The third kappa shape index (κ3) is 28.6. The number of nitrogens with one attached hydrogen (secondary N) is 3. The number of hydrogen-bond donors (Lipinski definition) is 13. The number of nitrogens with zero attached hydrogens (tertiary/aromatic N) is 2. The number of esters is 1. The fraction of sp³-hybridized carbons (Fsp3) is 0.627. The number of fused-ring (bicyclic) bond motifs is 2. The highest BCUT2D eigenvalue weighted by Gasteiger charge is 2.51. The number of allylic oxidation sites excluding steroid dienone is 12. The highest BCUT2D eigenvalue weighted by molar-refractivity contribution is 5.96. The molecule has 1 aromatic rings. The quantitative estimate of drug-likeness (QED) is 0.0784. The van der Waals surface area contributed by atoms with E-state index in [1.54, 1.807) is 129 Å². The van der Waals surface area contributed by atoms with Crippen molar-refractivity contribution in [3.8, 4) is 0 Å². The van der Waals surface area contributed by atoms with Crippen LogP contribution in [0.2, 0.25) is 0 Å². The van der Waals surface area contributed by atoms with Crippen LogP contribution in [-0.4, -0.2) is 243 Å². The number of carbonyl (C=O) groups is 5. The predicted molar refractivity (Wildman–Crippen MR) is 342 cm³/mol. The first kappa shape index (κ1) is 77.8. The van der Waals surface area contributed by atoms with Gasteiger partial charge in [0.2, 0.25) is 11.8 Å². The lowest BCUT2D eigenvalue weighted by Crippen LogP contribution is -2.64. The van der Waals surface area contributed by atoms with E-state index < -0.39 is 178 Å². The Morgan fingerprint density at radius 2 is 1.27 bits per heavy atom. The molecule has 91 heavy (non-hydrogen) atoms. The van der Waals surface area contributed by atoms with Gasteiger partial charge in [-0.15, -0.1) is 0 Å². The minimum atomic E-state index is -2.32. The van der Waals surface area contributed by atoms with Crippen molar-refractivity contribution in [3.05, 3.63) is 115 Å². The Labute approximate surface area is 535 Å². The maximum atomic E-state index is 14.0. The van der Waals surface area contributed by atoms with Gasteiger partial charge in [-0.2, -0.15) is 0 Å². The van der Waals surface area contributed by atoms with Crippen LogP contribution in [0.15, 0.2) is 109 Å². The molecule has 2 saturated heterocycles. The summed E-state index contributed by atoms with van der Waals surface area (Å²) in [4.78, 5) is 69.8. The largest absolute Gasteiger partial charge is 0.461 e. The average molecular weight is 1280 g/mol. The molecule has 0 saturated carbocycles. The van der Waals surface area contributed by atoms with Gasteiger partial charge in [0, 0.05) is 75.8 Å². The normalized spacial score (nSPS) is 34.9. The Morgan fingerprint density at radius 1 is 0.703 bits per heavy atom. The van der Waals surface area contributed by atoms with Crippen LogP contribution in [0.5, 0.6) is 0 Å². The van der Waals surface area contributed by atoms with Gasteiger partial charge in [-0.3, -0.25) is 24.0 Å². The van der Waals surface area contributed by atoms with Gasteiger partial charge in [0.15, 0.2) is 17.9 Å². The maximum Gasteiger partial charge on any atom is 0.308 e. The molecule has 0 aliphatic carbocycles. The summed E-state index contributed by atoms with van der Waals surface area (Å²) >= 11 is 0. The van der Waals surface area contributed by atoms with Crippen LogP contribution >= 0.6 is 0 Å². The summed E-state index contributed by atoms with van der Waals surface area (Å²) in [6.45, 7) is 5.81. The van der Waals surface area contributed by atoms with Crippen molar-refractivity contribution >= 4 is 35.0 Å². The molecular weight excluding hydrogens is 1180 g/mol. The summed E-state index contributed by atoms with van der Waals surface area (Å²) in [7, 11) is 8.75. The topological polar surface area (TPSA) is 367 Å². The minimum absolute atomic E-state index is 0.0513. The lowest BCUT2D eigenvalue weighted by atomic mass is 9.82. The number of hydrogen-bond acceptors (Lipinski definition) is 22. The van der Waals surface area contributed by atoms with Crippen LogP contribution in [-0.2, 0) is 38.1 Å². The molecule has 3 unspecified atom stereocenters. The van der Waals surface area contributed by atoms with Crippen molar-refractivity contribution in [3.63, 3.8) is 0 Å². The number of Topliss-reactive ketones (excluding diaryl/α,β-unsaturated/α-hetero) is 2. The molecule has 24 nitrogen and oxygen atoms in total. The van der Waals surface area contributed by atoms with Crippen LogP contribution in [0.3, 0.4) is 0 Å². The van der Waals surface area contributed by atoms with Crippen LogP contribution < -0.4 is 16.0 Å². The lowest BCUT2D eigenvalue weighted by molar-refractivity contribution is -0.307. The molecule has 4 rings (SSSR count). The van der Waals surface area contributed by atoms with Gasteiger partial charge < -0.3 is 95.8 Å². The van der Waals surface area contributed by atoms with Gasteiger partial charge in [0.25, 0.3) is 0 Å². The van der Waals surface area contributed by atoms with E-state index in [0.29, 0.717) is 18.5 Å². The maximum absolute atomic E-state index is 14.0. The van der Waals surface area contributed by atoms with E-state index in [-0.39, 0.29) is 50.0 Å². The molecule has 1 aromatic carbocycles. The molecule has 0 spiro atoms. The van der Waals surface area contributed by atoms with Gasteiger partial charge in [0.05, 0.1) is 86.0 Å². The van der Waals surface area contributed by atoms with Crippen molar-refractivity contribution in [2.24, 2.45) is 17.8 Å². The first-order valence-electron chi connectivity index (χ1n) is 31.5. The van der Waals surface area contributed by atoms with E-state index in [4.69, 9.17) is 18.9 Å². The molecule has 2 fully saturated rings. The van der Waals surface area contributed by atoms with Crippen molar-refractivity contribution in [1.82, 2.24) is 20.4 Å². The number of likely N-dealkylation sites (N-methyl/N-ethyl adjacent to an activating group) is 2. The SMILES string of the molecule is CNc1ccc(C(=O)CC(O)CC[C@H](C)C2OC(=O)C[C@@H](O)CC(=O)C[C@@H](O)C[C@@H](O)C[C@H](O)C[C@H](O)C[C@]3(O)C[C@H](O)[C@@H](C(=O)NCCN(C)C)[C@H](C[C@@H](O[C@@H]4O[C@H](C)[C@@H](O)[C@H](NC(=O)CN(C)C)[C@@H]4O)/C=C/C=C/C=C/C=C\C=C/C=C/C=C/C2C)O3)cc1. The number of cyclic esters (lactones) is 1. The Hall–Kier alpha value is -5.65. The van der Waals surface area contributed by atoms with E-state index >= 15 is 0 Å². The zero-order valence-corrected chi connectivity index (χ0v) is 53.9. The zero-order chi connectivity index (χ0) is 67.4. The van der Waals surface area contributed by atoms with E-state index in [0.717, 1.165) is 5.69 Å². The number of anilines is 1. The number of aliphatic hydroxyl groups excluding tert-OH is 9. The second-order valence-corrected chi connectivity index (χ2v) is 24.9. The average Bonchev–Trinajstić information content (AvgIpc) is 0.818. The van der Waals surface area contributed by atoms with Crippen LogP contribution in [0.4, 0.5) is 5.69 Å². The van der Waals surface area contributed by atoms with Gasteiger partial charge >= 0.3 is 5.97 Å². The number of carbonyl (C=O) groups excluding carboxylic acids is 5. The minimum Gasteiger partial charge on any atom is -0.461 e. The second kappa shape index (κ2) is 39.8. The molecular formula is C67H103N5O19. The Kier molecular flexibility index (Phi) is 34.0. The summed E-state index contributed by atoms with van der Waals surface area (Å²) in [5.41, 5.74) is 1.30. The smallest absolute Gasteiger partial charge is 0.308 e. The van der Waals surface area contributed by atoms with Gasteiger partial charge in [0.1, 0.15) is 24.1 Å². The fourth-order valence-corrected chi connectivity index (χ4v) is 11.3. The molecule has 19 atom stereocenters. The molecule has 510 valence electrons. The number of rotatable bonds is 17. The summed E-state index contributed by atoms with van der Waals surface area (Å²) in [6.07, 6.45) is 2.19. The molecule has 3 aliphatic heterocycles. The first-order valence-corrected chi connectivity index (χ1v) is 31.5. The van der Waals surface area contributed by atoms with Crippen molar-refractivity contribution in [2.45, 2.75) is 195 Å². The third-order valence-electron chi connectivity index (χ3n) is 16.0. The predicted octanol–water partition coefficient (Wildman–Crippen LogP) is 2.06. The molecule has 2 bridgehead atoms. The second-order valence-electron chi connectivity index (χ2n) is 24.9. The summed E-state index contributed by atoms with van der Waals surface area (Å²) in [5, 5.41) is 121. The number of aliphatic hydroxyl groups is 10. The molecule has 0 aromatic heterocycles. The molecule has 24 heteroatoms. The Bertz CT molecular complexity index is 2610. The molecule has 13 N–H and O–H groups in total. The van der Waals surface area contributed by atoms with Gasteiger partial charge in [-0.05, 0) is 97.4 Å². The molecule has 3 heterocycles. The van der Waals surface area contributed by atoms with Gasteiger partial charge in [-0.25, -0.2) is 0 Å². The van der Waals surface area contributed by atoms with E-state index in [1.807, 2.05) is 38.9 Å². The van der Waals surface area contributed by atoms with Crippen molar-refractivity contribution in [2.75, 3.05) is 60.2 Å². The first-order chi connectivity index (χ1) is 43.1. The van der Waals surface area contributed by atoms with Crippen LogP contribution in [0.25, 0.3) is 0 Å². The van der Waals surface area contributed by atoms with Gasteiger partial charge in [-0.1, -0.05) is 98.9 Å². The van der Waals surface area contributed by atoms with Crippen molar-refractivity contribution in [1.29, 1.82) is 0 Å². The fourth-order valence-electron chi connectivity index (χ4n) is 11.3. The summed E-state index contributed by atoms with van der Waals surface area (Å²) in [6, 6.07) is 5.68. The van der Waals surface area contributed by atoms with Crippen LogP contribution in [0.1, 0.15) is 108 Å². The van der Waals surface area contributed by atoms with Crippen LogP contribution in [0, 0.1) is 17.8 Å². The number of ketones is 2. The molecule has 3 aliphatic rings. The summed E-state index contributed by atoms with van der Waals surface area (Å²) < 4.78 is 24.6. The number of amides is 2. The molecule has 2 amide bonds. The summed E-state index contributed by atoms with van der Waals surface area (Å²) in [5.74, 6) is -7.10. The van der Waals surface area contributed by atoms with E-state index in [2.05, 4.69) is 16.0 Å². The third-order valence-corrected chi connectivity index (χ3v) is 16.0. The van der Waals surface area contributed by atoms with E-state index in [1.165, 1.54) is 6.92 Å². The lowest BCUT2D eigenvalue weighted by Gasteiger charge is -2.46. The monoisotopic (exact) mass is 1280 g/mol. The Balaban J connectivity index is 1.62. The number of benzene rings is 1. The highest BCUT2D eigenvalue weighted by atomic mass is 16.7. The van der Waals surface area contributed by atoms with Crippen molar-refractivity contribution < 1.29 is 94.0 Å². The molecule has 0 radical (unpaired) electrons. The number of ether oxygens (including phenoxy) is 4.